The van der Waals surface area contributed by atoms with Crippen molar-refractivity contribution in [2.75, 3.05) is 29.6 Å². The summed E-state index contributed by atoms with van der Waals surface area (Å²) in [7, 11) is 0. The SMILES string of the molecule is C[C@@H]1COCCN1c1cc(=O)n2c(n1)N(Cc1nccs1)[C@H](C(F)(F)F)CC2. The number of aromatic nitrogens is 3. The molecular weight excluding hydrogens is 395 g/mol. The topological polar surface area (TPSA) is 63.5 Å². The van der Waals surface area contributed by atoms with Crippen LogP contribution in [0, 0.1) is 0 Å². The second kappa shape index (κ2) is 7.36. The molecule has 7 nitrogen and oxygen atoms in total. The predicted octanol–water partition coefficient (Wildman–Crippen LogP) is 2.27. The minimum atomic E-state index is -4.43. The normalized spacial score (nSPS) is 23.0. The number of anilines is 2. The molecule has 28 heavy (non-hydrogen) atoms. The fourth-order valence-corrected chi connectivity index (χ4v) is 4.28. The van der Waals surface area contributed by atoms with Crippen LogP contribution >= 0.6 is 11.3 Å². The van der Waals surface area contributed by atoms with Crippen molar-refractivity contribution in [3.63, 3.8) is 0 Å². The van der Waals surface area contributed by atoms with Crippen LogP contribution in [0.4, 0.5) is 24.9 Å². The molecule has 2 aromatic heterocycles. The van der Waals surface area contributed by atoms with E-state index in [1.165, 1.54) is 26.9 Å². The van der Waals surface area contributed by atoms with E-state index in [0.717, 1.165) is 0 Å². The van der Waals surface area contributed by atoms with Crippen LogP contribution in [0.25, 0.3) is 0 Å². The Kier molecular flexibility index (Phi) is 5.04. The highest BCUT2D eigenvalue weighted by Crippen LogP contribution is 2.35. The second-order valence-corrected chi connectivity index (χ2v) is 7.90. The Labute approximate surface area is 163 Å². The van der Waals surface area contributed by atoms with Gasteiger partial charge in [0.15, 0.2) is 0 Å². The Morgan fingerprint density at radius 1 is 1.36 bits per heavy atom. The Balaban J connectivity index is 1.78. The molecule has 0 radical (unpaired) electrons. The van der Waals surface area contributed by atoms with Gasteiger partial charge in [-0.05, 0) is 13.3 Å². The van der Waals surface area contributed by atoms with Crippen molar-refractivity contribution in [3.05, 3.63) is 33.0 Å². The zero-order chi connectivity index (χ0) is 19.9. The molecule has 4 heterocycles. The summed E-state index contributed by atoms with van der Waals surface area (Å²) < 4.78 is 47.9. The molecule has 11 heteroatoms. The van der Waals surface area contributed by atoms with Gasteiger partial charge in [-0.15, -0.1) is 11.3 Å². The van der Waals surface area contributed by atoms with Gasteiger partial charge in [-0.1, -0.05) is 0 Å². The third-order valence-electron chi connectivity index (χ3n) is 5.06. The molecule has 0 aliphatic carbocycles. The maximum absolute atomic E-state index is 13.7. The minimum absolute atomic E-state index is 0.0152. The molecular formula is C17H20F3N5O2S. The van der Waals surface area contributed by atoms with Gasteiger partial charge < -0.3 is 14.5 Å². The quantitative estimate of drug-likeness (QED) is 0.767. The highest BCUT2D eigenvalue weighted by atomic mass is 32.1. The first kappa shape index (κ1) is 19.2. The Morgan fingerprint density at radius 3 is 2.86 bits per heavy atom. The molecule has 0 N–H and O–H groups in total. The Hall–Kier alpha value is -2.14. The van der Waals surface area contributed by atoms with Crippen molar-refractivity contribution < 1.29 is 17.9 Å². The van der Waals surface area contributed by atoms with Gasteiger partial charge in [0.1, 0.15) is 16.9 Å². The molecule has 152 valence electrons. The molecule has 1 fully saturated rings. The molecule has 0 bridgehead atoms. The van der Waals surface area contributed by atoms with Gasteiger partial charge in [0, 0.05) is 30.7 Å². The summed E-state index contributed by atoms with van der Waals surface area (Å²) >= 11 is 1.28. The monoisotopic (exact) mass is 415 g/mol. The molecule has 0 spiro atoms. The maximum Gasteiger partial charge on any atom is 0.408 e. The number of hydrogen-bond donors (Lipinski definition) is 0. The number of nitrogens with zero attached hydrogens (tertiary/aromatic N) is 5. The van der Waals surface area contributed by atoms with Crippen LogP contribution in [0.1, 0.15) is 18.4 Å². The van der Waals surface area contributed by atoms with Crippen molar-refractivity contribution in [2.24, 2.45) is 0 Å². The maximum atomic E-state index is 13.7. The van der Waals surface area contributed by atoms with Crippen LogP contribution in [-0.4, -0.2) is 52.6 Å². The largest absolute Gasteiger partial charge is 0.408 e. The van der Waals surface area contributed by atoms with Crippen molar-refractivity contribution in [2.45, 2.75) is 44.7 Å². The van der Waals surface area contributed by atoms with Crippen LogP contribution in [0.5, 0.6) is 0 Å². The number of rotatable bonds is 3. The number of hydrogen-bond acceptors (Lipinski definition) is 7. The molecule has 0 amide bonds. The van der Waals surface area contributed by atoms with E-state index < -0.39 is 12.2 Å². The van der Waals surface area contributed by atoms with E-state index in [1.54, 1.807) is 11.6 Å². The van der Waals surface area contributed by atoms with Crippen LogP contribution in [0.2, 0.25) is 0 Å². The molecule has 2 aliphatic heterocycles. The van der Waals surface area contributed by atoms with E-state index in [2.05, 4.69) is 9.97 Å². The van der Waals surface area contributed by atoms with Crippen molar-refractivity contribution >= 4 is 23.1 Å². The lowest BCUT2D eigenvalue weighted by atomic mass is 10.1. The van der Waals surface area contributed by atoms with Crippen LogP contribution in [0.3, 0.4) is 0 Å². The average Bonchev–Trinajstić information content (AvgIpc) is 3.14. The molecule has 2 aliphatic rings. The van der Waals surface area contributed by atoms with E-state index in [1.807, 2.05) is 11.8 Å². The van der Waals surface area contributed by atoms with Crippen LogP contribution in [-0.2, 0) is 17.8 Å². The zero-order valence-corrected chi connectivity index (χ0v) is 16.0. The summed E-state index contributed by atoms with van der Waals surface area (Å²) in [6.45, 7) is 3.37. The smallest absolute Gasteiger partial charge is 0.377 e. The summed E-state index contributed by atoms with van der Waals surface area (Å²) in [5.41, 5.74) is -0.344. The van der Waals surface area contributed by atoms with Gasteiger partial charge in [0.05, 0.1) is 25.8 Å². The number of thiazole rings is 1. The predicted molar refractivity (Wildman–Crippen MR) is 98.9 cm³/mol. The van der Waals surface area contributed by atoms with Gasteiger partial charge in [-0.25, -0.2) is 4.98 Å². The molecule has 2 atom stereocenters. The zero-order valence-electron chi connectivity index (χ0n) is 15.2. The van der Waals surface area contributed by atoms with E-state index in [4.69, 9.17) is 4.74 Å². The van der Waals surface area contributed by atoms with Gasteiger partial charge in [0.25, 0.3) is 5.56 Å². The summed E-state index contributed by atoms with van der Waals surface area (Å²) in [6.07, 6.45) is -3.07. The van der Waals surface area contributed by atoms with E-state index in [9.17, 15) is 18.0 Å². The molecule has 0 saturated carbocycles. The summed E-state index contributed by atoms with van der Waals surface area (Å²) in [5, 5.41) is 2.26. The number of fused-ring (bicyclic) bond motifs is 1. The van der Waals surface area contributed by atoms with E-state index >= 15 is 0 Å². The summed E-state index contributed by atoms with van der Waals surface area (Å²) in [6, 6.07) is -0.320. The molecule has 0 unspecified atom stereocenters. The van der Waals surface area contributed by atoms with Gasteiger partial charge in [-0.3, -0.25) is 9.36 Å². The van der Waals surface area contributed by atoms with Crippen molar-refractivity contribution in [3.8, 4) is 0 Å². The van der Waals surface area contributed by atoms with Gasteiger partial charge in [0.2, 0.25) is 5.95 Å². The molecule has 1 saturated heterocycles. The Morgan fingerprint density at radius 2 is 2.18 bits per heavy atom. The average molecular weight is 415 g/mol. The third kappa shape index (κ3) is 3.60. The van der Waals surface area contributed by atoms with Gasteiger partial charge in [-0.2, -0.15) is 18.2 Å². The first-order chi connectivity index (χ1) is 13.3. The number of morpholine rings is 1. The van der Waals surface area contributed by atoms with Crippen molar-refractivity contribution in [1.82, 2.24) is 14.5 Å². The van der Waals surface area contributed by atoms with E-state index in [-0.39, 0.29) is 37.1 Å². The van der Waals surface area contributed by atoms with Gasteiger partial charge >= 0.3 is 6.18 Å². The molecule has 4 rings (SSSR count). The van der Waals surface area contributed by atoms with Crippen molar-refractivity contribution in [1.29, 1.82) is 0 Å². The van der Waals surface area contributed by atoms with Crippen LogP contribution in [0.15, 0.2) is 22.4 Å². The standard InChI is InChI=1S/C17H20F3N5O2S/c1-11-10-27-6-5-23(11)13-8-15(26)24-4-2-12(17(18,19)20)25(16(24)22-13)9-14-21-3-7-28-14/h3,7-8,11-12H,2,4-6,9-10H2,1H3/t11-,12+/m1/s1. The number of halogens is 3. The lowest BCUT2D eigenvalue weighted by Crippen LogP contribution is -2.52. The van der Waals surface area contributed by atoms with E-state index in [0.29, 0.717) is 30.6 Å². The number of ether oxygens (including phenoxy) is 1. The fourth-order valence-electron chi connectivity index (χ4n) is 3.67. The highest BCUT2D eigenvalue weighted by Gasteiger charge is 2.47. The molecule has 2 aromatic rings. The third-order valence-corrected chi connectivity index (χ3v) is 5.83. The minimum Gasteiger partial charge on any atom is -0.377 e. The summed E-state index contributed by atoms with van der Waals surface area (Å²) in [4.78, 5) is 24.4. The van der Waals surface area contributed by atoms with Crippen LogP contribution < -0.4 is 15.4 Å². The first-order valence-corrected chi connectivity index (χ1v) is 9.90. The highest BCUT2D eigenvalue weighted by molar-refractivity contribution is 7.09. The fraction of sp³-hybridized carbons (Fsp3) is 0.588. The second-order valence-electron chi connectivity index (χ2n) is 6.92. The lowest BCUT2D eigenvalue weighted by Gasteiger charge is -2.40. The molecule has 0 aromatic carbocycles. The lowest BCUT2D eigenvalue weighted by molar-refractivity contribution is -0.153. The Bertz CT molecular complexity index is 886. The summed E-state index contributed by atoms with van der Waals surface area (Å²) in [5.74, 6) is 0.434. The number of alkyl halides is 3. The first-order valence-electron chi connectivity index (χ1n) is 9.02.